The molecule has 0 radical (unpaired) electrons. The van der Waals surface area contributed by atoms with E-state index >= 15 is 0 Å². The molecule has 4 aromatic rings. The highest BCUT2D eigenvalue weighted by molar-refractivity contribution is 7.12. The molecule has 1 spiro atoms. The number of carbonyl (C=O) groups is 3. The van der Waals surface area contributed by atoms with Crippen LogP contribution < -0.4 is 10.2 Å². The van der Waals surface area contributed by atoms with Crippen LogP contribution in [0.2, 0.25) is 5.02 Å². The quantitative estimate of drug-likeness (QED) is 0.337. The minimum absolute atomic E-state index is 0.116. The molecule has 8 heteroatoms. The molecule has 6 nitrogen and oxygen atoms in total. The summed E-state index contributed by atoms with van der Waals surface area (Å²) in [7, 11) is 0. The second-order valence-corrected chi connectivity index (χ2v) is 10.8. The fourth-order valence-corrected chi connectivity index (χ4v) is 7.17. The van der Waals surface area contributed by atoms with Gasteiger partial charge < -0.3 is 14.6 Å². The summed E-state index contributed by atoms with van der Waals surface area (Å²) < 4.78 is 5.55. The largest absolute Gasteiger partial charge is 0.461 e. The number of ketones is 2. The minimum atomic E-state index is -1.36. The number of Topliss-reactive ketones (excluding diaryl/α,β-unsaturated/α-hetero) is 2. The molecule has 4 atom stereocenters. The number of benzene rings is 2. The van der Waals surface area contributed by atoms with Gasteiger partial charge in [-0.2, -0.15) is 0 Å². The number of anilines is 2. The van der Waals surface area contributed by atoms with Crippen LogP contribution in [0.15, 0.2) is 88.9 Å². The molecule has 2 aromatic heterocycles. The van der Waals surface area contributed by atoms with Crippen molar-refractivity contribution >= 4 is 57.9 Å². The number of carbonyl (C=O) groups excluding carboxylic acids is 3. The minimum Gasteiger partial charge on any atom is -0.461 e. The van der Waals surface area contributed by atoms with Gasteiger partial charge in [-0.25, -0.2) is 0 Å². The predicted octanol–water partition coefficient (Wildman–Crippen LogP) is 5.85. The molecule has 3 aliphatic heterocycles. The number of thiophene rings is 1. The molecule has 1 fully saturated rings. The van der Waals surface area contributed by atoms with Gasteiger partial charge in [-0.1, -0.05) is 48.0 Å². The molecule has 37 heavy (non-hydrogen) atoms. The summed E-state index contributed by atoms with van der Waals surface area (Å²) in [6, 6.07) is 18.1. The standard InChI is InChI=1S/C29H19ClN2O4S/c30-17-10-11-20-16(15-17)9-12-23-29(18-5-1-2-6-19(18)31-28(29)35)24(26(33)21-7-3-13-36-21)25(32(20)23)27(34)22-8-4-14-37-22/h1-15,23-25H,(H,31,35)/t23-,24-,25+,29+/m1/s1. The number of nitrogens with one attached hydrogen (secondary N) is 1. The Bertz CT molecular complexity index is 1610. The van der Waals surface area contributed by atoms with E-state index in [9.17, 15) is 14.4 Å². The first-order chi connectivity index (χ1) is 18.0. The van der Waals surface area contributed by atoms with E-state index in [-0.39, 0.29) is 23.2 Å². The summed E-state index contributed by atoms with van der Waals surface area (Å²) in [4.78, 5) is 45.2. The molecule has 5 heterocycles. The van der Waals surface area contributed by atoms with E-state index < -0.39 is 23.4 Å². The van der Waals surface area contributed by atoms with E-state index in [1.807, 2.05) is 64.9 Å². The number of para-hydroxylation sites is 1. The van der Waals surface area contributed by atoms with Gasteiger partial charge in [-0.15, -0.1) is 11.3 Å². The van der Waals surface area contributed by atoms with Crippen molar-refractivity contribution in [3.8, 4) is 0 Å². The van der Waals surface area contributed by atoms with Crippen LogP contribution in [0, 0.1) is 5.92 Å². The van der Waals surface area contributed by atoms with E-state index in [0.717, 1.165) is 11.3 Å². The molecule has 0 unspecified atom stereocenters. The maximum atomic E-state index is 14.3. The Morgan fingerprint density at radius 3 is 2.68 bits per heavy atom. The van der Waals surface area contributed by atoms with Gasteiger partial charge >= 0.3 is 0 Å². The molecule has 0 saturated carbocycles. The summed E-state index contributed by atoms with van der Waals surface area (Å²) in [6.45, 7) is 0. The fraction of sp³-hybridized carbons (Fsp3) is 0.138. The van der Waals surface area contributed by atoms with Crippen LogP contribution in [0.3, 0.4) is 0 Å². The second kappa shape index (κ2) is 8.03. The molecule has 2 aromatic carbocycles. The summed E-state index contributed by atoms with van der Waals surface area (Å²) in [5.74, 6) is -1.84. The maximum Gasteiger partial charge on any atom is 0.238 e. The predicted molar refractivity (Wildman–Crippen MR) is 142 cm³/mol. The fourth-order valence-electron chi connectivity index (χ4n) is 6.29. The highest BCUT2D eigenvalue weighted by Gasteiger charge is 2.70. The number of fused-ring (bicyclic) bond motifs is 6. The Hall–Kier alpha value is -3.94. The third kappa shape index (κ3) is 2.95. The number of nitrogens with zero attached hydrogens (tertiary/aromatic N) is 1. The summed E-state index contributed by atoms with van der Waals surface area (Å²) in [5.41, 5.74) is 1.55. The Morgan fingerprint density at radius 2 is 1.89 bits per heavy atom. The molecule has 182 valence electrons. The van der Waals surface area contributed by atoms with E-state index in [4.69, 9.17) is 16.0 Å². The topological polar surface area (TPSA) is 79.6 Å². The van der Waals surface area contributed by atoms with Gasteiger partial charge in [-0.3, -0.25) is 14.4 Å². The molecular formula is C29H19ClN2O4S. The average Bonchev–Trinajstić information content (AvgIpc) is 3.70. The lowest BCUT2D eigenvalue weighted by Crippen LogP contribution is -2.51. The van der Waals surface area contributed by atoms with Gasteiger partial charge in [-0.05, 0) is 59.0 Å². The van der Waals surface area contributed by atoms with E-state index in [0.29, 0.717) is 21.2 Å². The third-order valence-corrected chi connectivity index (χ3v) is 8.79. The third-order valence-electron chi connectivity index (χ3n) is 7.67. The number of hydrogen-bond donors (Lipinski definition) is 1. The zero-order valence-corrected chi connectivity index (χ0v) is 20.8. The summed E-state index contributed by atoms with van der Waals surface area (Å²) in [6.07, 6.45) is 5.27. The van der Waals surface area contributed by atoms with Crippen molar-refractivity contribution in [1.29, 1.82) is 0 Å². The number of halogens is 1. The Balaban J connectivity index is 1.55. The monoisotopic (exact) mass is 526 g/mol. The molecule has 1 N–H and O–H groups in total. The van der Waals surface area contributed by atoms with Crippen LogP contribution in [0.1, 0.15) is 31.4 Å². The highest BCUT2D eigenvalue weighted by Crippen LogP contribution is 2.58. The van der Waals surface area contributed by atoms with Crippen molar-refractivity contribution in [3.05, 3.63) is 111 Å². The Morgan fingerprint density at radius 1 is 1.03 bits per heavy atom. The Kier molecular flexibility index (Phi) is 4.83. The lowest BCUT2D eigenvalue weighted by atomic mass is 9.64. The smallest absolute Gasteiger partial charge is 0.238 e. The van der Waals surface area contributed by atoms with Gasteiger partial charge in [0.25, 0.3) is 0 Å². The van der Waals surface area contributed by atoms with Crippen LogP contribution >= 0.6 is 22.9 Å². The molecule has 1 amide bonds. The number of amides is 1. The van der Waals surface area contributed by atoms with Crippen LogP contribution in [-0.4, -0.2) is 29.6 Å². The average molecular weight is 527 g/mol. The molecule has 0 aliphatic carbocycles. The maximum absolute atomic E-state index is 14.3. The number of rotatable bonds is 4. The van der Waals surface area contributed by atoms with Crippen molar-refractivity contribution in [2.24, 2.45) is 5.92 Å². The van der Waals surface area contributed by atoms with Gasteiger partial charge in [0.15, 0.2) is 11.5 Å². The lowest BCUT2D eigenvalue weighted by molar-refractivity contribution is -0.121. The van der Waals surface area contributed by atoms with E-state index in [2.05, 4.69) is 5.32 Å². The van der Waals surface area contributed by atoms with Crippen molar-refractivity contribution in [1.82, 2.24) is 0 Å². The molecule has 1 saturated heterocycles. The first kappa shape index (κ1) is 22.3. The molecule has 3 aliphatic rings. The summed E-state index contributed by atoms with van der Waals surface area (Å²) >= 11 is 7.63. The van der Waals surface area contributed by atoms with Gasteiger partial charge in [0.05, 0.1) is 23.1 Å². The summed E-state index contributed by atoms with van der Waals surface area (Å²) in [5, 5.41) is 5.40. The zero-order valence-electron chi connectivity index (χ0n) is 19.3. The lowest BCUT2D eigenvalue weighted by Gasteiger charge is -2.37. The zero-order chi connectivity index (χ0) is 25.3. The first-order valence-electron chi connectivity index (χ1n) is 11.8. The van der Waals surface area contributed by atoms with Gasteiger partial charge in [0, 0.05) is 16.4 Å². The van der Waals surface area contributed by atoms with E-state index in [1.54, 1.807) is 24.3 Å². The normalized spacial score (nSPS) is 25.1. The van der Waals surface area contributed by atoms with Gasteiger partial charge in [0.2, 0.25) is 11.7 Å². The van der Waals surface area contributed by atoms with Crippen LogP contribution in [0.4, 0.5) is 11.4 Å². The van der Waals surface area contributed by atoms with Gasteiger partial charge in [0.1, 0.15) is 11.5 Å². The Labute approximate surface area is 221 Å². The van der Waals surface area contributed by atoms with Crippen LogP contribution in [0.5, 0.6) is 0 Å². The first-order valence-corrected chi connectivity index (χ1v) is 13.1. The molecule has 7 rings (SSSR count). The van der Waals surface area contributed by atoms with Crippen molar-refractivity contribution in [3.63, 3.8) is 0 Å². The van der Waals surface area contributed by atoms with Crippen molar-refractivity contribution in [2.45, 2.75) is 17.5 Å². The molecule has 0 bridgehead atoms. The highest BCUT2D eigenvalue weighted by atomic mass is 35.5. The second-order valence-electron chi connectivity index (χ2n) is 9.39. The number of hydrogen-bond acceptors (Lipinski definition) is 6. The SMILES string of the molecule is O=C(c1cccs1)[C@@H]1[C@H](C(=O)c2ccco2)[C@@]2(C(=O)Nc3ccccc32)[C@H]2C=Cc3cc(Cl)ccc3N12. The molecular weight excluding hydrogens is 508 g/mol. The van der Waals surface area contributed by atoms with Crippen molar-refractivity contribution < 1.29 is 18.8 Å². The van der Waals surface area contributed by atoms with Crippen LogP contribution in [-0.2, 0) is 10.2 Å². The van der Waals surface area contributed by atoms with E-state index in [1.165, 1.54) is 17.6 Å². The number of furan rings is 1. The van der Waals surface area contributed by atoms with Crippen LogP contribution in [0.25, 0.3) is 6.08 Å². The van der Waals surface area contributed by atoms with Crippen molar-refractivity contribution in [2.75, 3.05) is 10.2 Å².